The van der Waals surface area contributed by atoms with Crippen LogP contribution in [0.1, 0.15) is 30.7 Å². The lowest BCUT2D eigenvalue weighted by Crippen LogP contribution is -2.13. The summed E-state index contributed by atoms with van der Waals surface area (Å²) in [5, 5.41) is 11.0. The van der Waals surface area contributed by atoms with E-state index in [9.17, 15) is 0 Å². The number of aryl methyl sites for hydroxylation is 1. The molecule has 1 heterocycles. The second-order valence-electron chi connectivity index (χ2n) is 4.67. The van der Waals surface area contributed by atoms with E-state index in [-0.39, 0.29) is 6.61 Å². The van der Waals surface area contributed by atoms with Crippen LogP contribution in [-0.4, -0.2) is 23.9 Å². The molecule has 0 saturated carbocycles. The maximum atomic E-state index is 5.73. The Balaban J connectivity index is 2.02. The van der Waals surface area contributed by atoms with Crippen molar-refractivity contribution in [2.75, 3.05) is 13.7 Å². The fourth-order valence-corrected chi connectivity index (χ4v) is 1.89. The summed E-state index contributed by atoms with van der Waals surface area (Å²) in [5.74, 6) is 2.33. The Labute approximate surface area is 124 Å². The molecule has 0 unspecified atom stereocenters. The largest absolute Gasteiger partial charge is 0.493 e. The lowest BCUT2D eigenvalue weighted by atomic mass is 10.2. The number of aromatic nitrogens is 2. The third-order valence-electron chi connectivity index (χ3n) is 2.90. The number of rotatable bonds is 8. The van der Waals surface area contributed by atoms with E-state index >= 15 is 0 Å². The Bertz CT molecular complexity index is 569. The van der Waals surface area contributed by atoms with Gasteiger partial charge >= 0.3 is 0 Å². The Hall–Kier alpha value is -2.08. The van der Waals surface area contributed by atoms with Crippen LogP contribution in [-0.2, 0) is 13.2 Å². The molecule has 0 radical (unpaired) electrons. The zero-order valence-electron chi connectivity index (χ0n) is 12.7. The summed E-state index contributed by atoms with van der Waals surface area (Å²) in [6.45, 7) is 5.90. The molecule has 1 N–H and O–H groups in total. The fraction of sp³-hybridized carbons (Fsp3) is 0.467. The van der Waals surface area contributed by atoms with Gasteiger partial charge in [-0.2, -0.15) is 0 Å². The molecule has 0 atom stereocenters. The van der Waals surface area contributed by atoms with Crippen LogP contribution < -0.4 is 14.8 Å². The molecule has 114 valence electrons. The predicted octanol–water partition coefficient (Wildman–Crippen LogP) is 2.47. The highest BCUT2D eigenvalue weighted by molar-refractivity contribution is 5.42. The standard InChI is InChI=1S/C15H21N3O3/c1-4-7-16-9-12-5-6-13(19-3)14(8-12)20-10-15-18-17-11(2)21-15/h5-6,8,16H,4,7,9-10H2,1-3H3. The average molecular weight is 291 g/mol. The van der Waals surface area contributed by atoms with Gasteiger partial charge in [-0.05, 0) is 30.7 Å². The molecule has 6 nitrogen and oxygen atoms in total. The zero-order valence-corrected chi connectivity index (χ0v) is 12.7. The van der Waals surface area contributed by atoms with Crippen LogP contribution in [0.2, 0.25) is 0 Å². The normalized spacial score (nSPS) is 10.6. The van der Waals surface area contributed by atoms with Gasteiger partial charge in [-0.25, -0.2) is 0 Å². The zero-order chi connectivity index (χ0) is 15.1. The highest BCUT2D eigenvalue weighted by Gasteiger charge is 2.09. The van der Waals surface area contributed by atoms with E-state index in [1.54, 1.807) is 14.0 Å². The fourth-order valence-electron chi connectivity index (χ4n) is 1.89. The van der Waals surface area contributed by atoms with Crippen LogP contribution in [0.4, 0.5) is 0 Å². The van der Waals surface area contributed by atoms with Crippen molar-refractivity contribution in [3.8, 4) is 11.5 Å². The van der Waals surface area contributed by atoms with E-state index < -0.39 is 0 Å². The third kappa shape index (κ3) is 4.46. The van der Waals surface area contributed by atoms with Gasteiger partial charge in [-0.15, -0.1) is 10.2 Å². The van der Waals surface area contributed by atoms with E-state index in [4.69, 9.17) is 13.9 Å². The molecular weight excluding hydrogens is 270 g/mol. The number of hydrogen-bond acceptors (Lipinski definition) is 6. The van der Waals surface area contributed by atoms with E-state index in [1.807, 2.05) is 18.2 Å². The molecular formula is C15H21N3O3. The van der Waals surface area contributed by atoms with Crippen LogP contribution in [0.15, 0.2) is 22.6 Å². The molecule has 1 aromatic carbocycles. The van der Waals surface area contributed by atoms with Crippen LogP contribution in [0, 0.1) is 6.92 Å². The smallest absolute Gasteiger partial charge is 0.253 e. The highest BCUT2D eigenvalue weighted by Crippen LogP contribution is 2.28. The topological polar surface area (TPSA) is 69.4 Å². The number of methoxy groups -OCH3 is 1. The molecule has 21 heavy (non-hydrogen) atoms. The van der Waals surface area contributed by atoms with Gasteiger partial charge in [0.05, 0.1) is 7.11 Å². The maximum Gasteiger partial charge on any atom is 0.253 e. The van der Waals surface area contributed by atoms with Gasteiger partial charge in [0.1, 0.15) is 0 Å². The molecule has 0 bridgehead atoms. The van der Waals surface area contributed by atoms with Crippen molar-refractivity contribution in [1.29, 1.82) is 0 Å². The van der Waals surface area contributed by atoms with Crippen molar-refractivity contribution in [3.05, 3.63) is 35.5 Å². The van der Waals surface area contributed by atoms with Gasteiger partial charge < -0.3 is 19.2 Å². The van der Waals surface area contributed by atoms with Gasteiger partial charge in [-0.3, -0.25) is 0 Å². The molecule has 6 heteroatoms. The Morgan fingerprint density at radius 3 is 2.76 bits per heavy atom. The first kappa shape index (κ1) is 15.3. The third-order valence-corrected chi connectivity index (χ3v) is 2.90. The van der Waals surface area contributed by atoms with Crippen LogP contribution in [0.25, 0.3) is 0 Å². The average Bonchev–Trinajstić information content (AvgIpc) is 2.91. The summed E-state index contributed by atoms with van der Waals surface area (Å²) < 4.78 is 16.3. The first-order valence-electron chi connectivity index (χ1n) is 7.02. The minimum Gasteiger partial charge on any atom is -0.493 e. The maximum absolute atomic E-state index is 5.73. The Morgan fingerprint density at radius 1 is 1.24 bits per heavy atom. The summed E-state index contributed by atoms with van der Waals surface area (Å²) in [4.78, 5) is 0. The van der Waals surface area contributed by atoms with E-state index in [0.717, 1.165) is 25.1 Å². The quantitative estimate of drug-likeness (QED) is 0.753. The van der Waals surface area contributed by atoms with E-state index in [2.05, 4.69) is 22.4 Å². The molecule has 0 aliphatic rings. The van der Waals surface area contributed by atoms with Crippen molar-refractivity contribution in [2.45, 2.75) is 33.4 Å². The van der Waals surface area contributed by atoms with Crippen molar-refractivity contribution in [2.24, 2.45) is 0 Å². The summed E-state index contributed by atoms with van der Waals surface area (Å²) >= 11 is 0. The van der Waals surface area contributed by atoms with Crippen LogP contribution in [0.5, 0.6) is 11.5 Å². The van der Waals surface area contributed by atoms with Gasteiger partial charge in [0.15, 0.2) is 18.1 Å². The van der Waals surface area contributed by atoms with Crippen molar-refractivity contribution in [1.82, 2.24) is 15.5 Å². The first-order chi connectivity index (χ1) is 10.2. The van der Waals surface area contributed by atoms with Gasteiger partial charge in [0.25, 0.3) is 5.89 Å². The summed E-state index contributed by atoms with van der Waals surface area (Å²) in [7, 11) is 1.62. The van der Waals surface area contributed by atoms with Crippen molar-refractivity contribution >= 4 is 0 Å². The number of benzene rings is 1. The van der Waals surface area contributed by atoms with Gasteiger partial charge in [0, 0.05) is 13.5 Å². The second-order valence-corrected chi connectivity index (χ2v) is 4.67. The van der Waals surface area contributed by atoms with Crippen LogP contribution in [0.3, 0.4) is 0 Å². The Kier molecular flexibility index (Phi) is 5.57. The second kappa shape index (κ2) is 7.64. The Morgan fingerprint density at radius 2 is 2.10 bits per heavy atom. The molecule has 0 saturated heterocycles. The molecule has 2 rings (SSSR count). The van der Waals surface area contributed by atoms with Crippen LogP contribution >= 0.6 is 0 Å². The number of ether oxygens (including phenoxy) is 2. The lowest BCUT2D eigenvalue weighted by molar-refractivity contribution is 0.247. The molecule has 1 aromatic heterocycles. The first-order valence-corrected chi connectivity index (χ1v) is 7.02. The summed E-state index contributed by atoms with van der Waals surface area (Å²) in [6.07, 6.45) is 1.11. The number of nitrogens with zero attached hydrogens (tertiary/aromatic N) is 2. The number of hydrogen-bond donors (Lipinski definition) is 1. The summed E-state index contributed by atoms with van der Waals surface area (Å²) in [6, 6.07) is 5.88. The lowest BCUT2D eigenvalue weighted by Gasteiger charge is -2.11. The van der Waals surface area contributed by atoms with E-state index in [1.165, 1.54) is 0 Å². The van der Waals surface area contributed by atoms with E-state index in [0.29, 0.717) is 23.3 Å². The van der Waals surface area contributed by atoms with Gasteiger partial charge in [0.2, 0.25) is 5.89 Å². The minimum absolute atomic E-state index is 0.225. The minimum atomic E-state index is 0.225. The highest BCUT2D eigenvalue weighted by atomic mass is 16.5. The predicted molar refractivity (Wildman–Crippen MR) is 78.4 cm³/mol. The van der Waals surface area contributed by atoms with Crippen molar-refractivity contribution in [3.63, 3.8) is 0 Å². The molecule has 0 fully saturated rings. The molecule has 2 aromatic rings. The van der Waals surface area contributed by atoms with Crippen molar-refractivity contribution < 1.29 is 13.9 Å². The SMILES string of the molecule is CCCNCc1ccc(OC)c(OCc2nnc(C)o2)c1. The molecule has 0 aliphatic carbocycles. The number of nitrogens with one attached hydrogen (secondary N) is 1. The summed E-state index contributed by atoms with van der Waals surface area (Å²) in [5.41, 5.74) is 1.14. The molecule has 0 amide bonds. The monoisotopic (exact) mass is 291 g/mol. The molecule has 0 spiro atoms. The van der Waals surface area contributed by atoms with Gasteiger partial charge in [-0.1, -0.05) is 13.0 Å². The molecule has 0 aliphatic heterocycles.